The summed E-state index contributed by atoms with van der Waals surface area (Å²) in [5.74, 6) is -5.70. The highest BCUT2D eigenvalue weighted by Gasteiger charge is 2.25. The maximum atomic E-state index is 13.0. The Balaban J connectivity index is 1.77. The average Bonchev–Trinajstić information content (AvgIpc) is 3.15. The SMILES string of the molecule is CCO/C(=N\Nc1cc(C(=O)OC)ccc1C(=O)OC)C(=O)Nc1ccc(NC(=O)C(N=Nc2cc(C(=O)OC)ccc2C(=O)OC)C(C)=O)cc1. The molecule has 0 aliphatic rings. The van der Waals surface area contributed by atoms with Gasteiger partial charge >= 0.3 is 29.8 Å². The van der Waals surface area contributed by atoms with E-state index in [1.165, 1.54) is 82.0 Å². The molecule has 3 aromatic rings. The topological polar surface area (TPSA) is 239 Å². The maximum Gasteiger partial charge on any atom is 0.340 e. The van der Waals surface area contributed by atoms with Gasteiger partial charge in [-0.2, -0.15) is 10.2 Å². The standard InChI is InChI=1S/C34H34N6O12/c1-7-52-30(40-38-26-17-20(32(45)49-4)9-15-24(26)34(47)51-6)29(43)36-22-12-10-21(11-13-22)35-28(42)27(18(2)41)39-37-25-16-19(31(44)48-3)8-14-23(25)33(46)50-5/h8-17,27,38H,7H2,1-6H3,(H,35,42)(H,36,43)/b39-37?,40-30-. The fourth-order valence-electron chi connectivity index (χ4n) is 4.18. The Bertz CT molecular complexity index is 1920. The molecule has 0 saturated carbocycles. The summed E-state index contributed by atoms with van der Waals surface area (Å²) in [7, 11) is 4.67. The van der Waals surface area contributed by atoms with E-state index in [0.717, 1.165) is 14.0 Å². The molecule has 0 aromatic heterocycles. The van der Waals surface area contributed by atoms with Crippen LogP contribution in [0.2, 0.25) is 0 Å². The van der Waals surface area contributed by atoms with Gasteiger partial charge in [0.05, 0.1) is 63.0 Å². The normalized spacial score (nSPS) is 11.5. The zero-order valence-corrected chi connectivity index (χ0v) is 28.8. The third-order valence-corrected chi connectivity index (χ3v) is 6.75. The number of amides is 2. The fourth-order valence-corrected chi connectivity index (χ4v) is 4.18. The number of azo groups is 1. The Labute approximate surface area is 296 Å². The van der Waals surface area contributed by atoms with Crippen LogP contribution in [0.4, 0.5) is 22.7 Å². The van der Waals surface area contributed by atoms with E-state index in [1.54, 1.807) is 6.92 Å². The second-order valence-electron chi connectivity index (χ2n) is 10.2. The molecule has 3 N–H and O–H groups in total. The summed E-state index contributed by atoms with van der Waals surface area (Å²) < 4.78 is 24.3. The Hall–Kier alpha value is -6.98. The highest BCUT2D eigenvalue weighted by molar-refractivity contribution is 6.39. The lowest BCUT2D eigenvalue weighted by Crippen LogP contribution is -2.31. The number of nitrogens with zero attached hydrogens (tertiary/aromatic N) is 3. The van der Waals surface area contributed by atoms with Crippen molar-refractivity contribution in [1.29, 1.82) is 0 Å². The summed E-state index contributed by atoms with van der Waals surface area (Å²) >= 11 is 0. The van der Waals surface area contributed by atoms with Crippen LogP contribution in [0.3, 0.4) is 0 Å². The largest absolute Gasteiger partial charge is 0.473 e. The van der Waals surface area contributed by atoms with Gasteiger partial charge in [-0.3, -0.25) is 19.8 Å². The van der Waals surface area contributed by atoms with E-state index in [2.05, 4.69) is 36.1 Å². The van der Waals surface area contributed by atoms with Gasteiger partial charge in [-0.1, -0.05) is 0 Å². The van der Waals surface area contributed by atoms with E-state index in [-0.39, 0.29) is 51.6 Å². The first-order chi connectivity index (χ1) is 24.9. The number of methoxy groups -OCH3 is 4. The number of anilines is 3. The highest BCUT2D eigenvalue weighted by atomic mass is 16.5. The Morgan fingerprint density at radius 3 is 1.73 bits per heavy atom. The Kier molecular flexibility index (Phi) is 14.2. The molecule has 0 heterocycles. The maximum absolute atomic E-state index is 13.0. The first-order valence-corrected chi connectivity index (χ1v) is 15.1. The second kappa shape index (κ2) is 18.7. The van der Waals surface area contributed by atoms with Crippen molar-refractivity contribution in [2.75, 3.05) is 51.1 Å². The quantitative estimate of drug-likeness (QED) is 0.0433. The van der Waals surface area contributed by atoms with Gasteiger partial charge in [0.15, 0.2) is 5.78 Å². The minimum atomic E-state index is -1.64. The number of carbonyl (C=O) groups is 7. The van der Waals surface area contributed by atoms with Crippen molar-refractivity contribution in [2.24, 2.45) is 15.3 Å². The summed E-state index contributed by atoms with van der Waals surface area (Å²) in [6, 6.07) is 11.8. The van der Waals surface area contributed by atoms with Gasteiger partial charge < -0.3 is 34.3 Å². The average molecular weight is 719 g/mol. The third kappa shape index (κ3) is 10.3. The molecule has 3 rings (SSSR count). The predicted molar refractivity (Wildman–Crippen MR) is 184 cm³/mol. The van der Waals surface area contributed by atoms with Crippen LogP contribution in [0, 0.1) is 0 Å². The number of hydrogen-bond acceptors (Lipinski definition) is 16. The molecule has 0 radical (unpaired) electrons. The van der Waals surface area contributed by atoms with Gasteiger partial charge in [-0.05, 0) is 74.5 Å². The number of carbonyl (C=O) groups excluding carboxylic acids is 7. The molecule has 0 aliphatic heterocycles. The molecule has 0 saturated heterocycles. The number of rotatable bonds is 13. The molecule has 1 unspecified atom stereocenters. The lowest BCUT2D eigenvalue weighted by Gasteiger charge is -2.12. The highest BCUT2D eigenvalue weighted by Crippen LogP contribution is 2.24. The molecule has 272 valence electrons. The summed E-state index contributed by atoms with van der Waals surface area (Å²) in [6.07, 6.45) is 0. The summed E-state index contributed by atoms with van der Waals surface area (Å²) in [5, 5.41) is 16.8. The monoisotopic (exact) mass is 718 g/mol. The van der Waals surface area contributed by atoms with E-state index >= 15 is 0 Å². The van der Waals surface area contributed by atoms with E-state index in [1.807, 2.05) is 0 Å². The van der Waals surface area contributed by atoms with E-state index in [9.17, 15) is 33.6 Å². The fraction of sp³-hybridized carbons (Fsp3) is 0.235. The van der Waals surface area contributed by atoms with E-state index in [4.69, 9.17) is 18.9 Å². The van der Waals surface area contributed by atoms with E-state index < -0.39 is 53.4 Å². The molecular weight excluding hydrogens is 684 g/mol. The number of hydrazone groups is 1. The van der Waals surface area contributed by atoms with Gasteiger partial charge in [0.1, 0.15) is 5.69 Å². The minimum absolute atomic E-state index is 0.0139. The molecule has 3 aromatic carbocycles. The lowest BCUT2D eigenvalue weighted by molar-refractivity contribution is -0.126. The number of nitrogens with one attached hydrogen (secondary N) is 3. The van der Waals surface area contributed by atoms with Gasteiger partial charge in [0.25, 0.3) is 11.8 Å². The molecule has 0 bridgehead atoms. The van der Waals surface area contributed by atoms with Gasteiger partial charge in [-0.15, -0.1) is 5.10 Å². The molecule has 52 heavy (non-hydrogen) atoms. The van der Waals surface area contributed by atoms with Crippen LogP contribution in [0.1, 0.15) is 55.3 Å². The van der Waals surface area contributed by atoms with Gasteiger partial charge in [0.2, 0.25) is 6.04 Å². The second-order valence-corrected chi connectivity index (χ2v) is 10.2. The molecule has 0 fully saturated rings. The number of hydrogen-bond donors (Lipinski definition) is 3. The van der Waals surface area contributed by atoms with Crippen LogP contribution < -0.4 is 16.1 Å². The number of ketones is 1. The first kappa shape index (κ1) is 39.5. The van der Waals surface area contributed by atoms with Crippen LogP contribution >= 0.6 is 0 Å². The summed E-state index contributed by atoms with van der Waals surface area (Å²) in [6.45, 7) is 2.77. The van der Waals surface area contributed by atoms with Crippen LogP contribution in [-0.4, -0.2) is 88.5 Å². The van der Waals surface area contributed by atoms with Crippen molar-refractivity contribution >= 4 is 70.1 Å². The van der Waals surface area contributed by atoms with Crippen LogP contribution in [0.5, 0.6) is 0 Å². The van der Waals surface area contributed by atoms with Crippen molar-refractivity contribution in [3.63, 3.8) is 0 Å². The number of Topliss-reactive ketones (excluding diaryl/α,β-unsaturated/α-hetero) is 1. The summed E-state index contributed by atoms with van der Waals surface area (Å²) in [4.78, 5) is 86.9. The Morgan fingerprint density at radius 1 is 0.673 bits per heavy atom. The summed E-state index contributed by atoms with van der Waals surface area (Å²) in [5.41, 5.74) is 2.98. The van der Waals surface area contributed by atoms with Crippen molar-refractivity contribution in [3.05, 3.63) is 82.9 Å². The van der Waals surface area contributed by atoms with E-state index in [0.29, 0.717) is 0 Å². The third-order valence-electron chi connectivity index (χ3n) is 6.75. The molecular formula is C34H34N6O12. The minimum Gasteiger partial charge on any atom is -0.473 e. The molecule has 2 amide bonds. The molecule has 0 spiro atoms. The molecule has 18 nitrogen and oxygen atoms in total. The van der Waals surface area contributed by atoms with Crippen LogP contribution in [0.25, 0.3) is 0 Å². The van der Waals surface area contributed by atoms with Gasteiger partial charge in [0, 0.05) is 11.4 Å². The van der Waals surface area contributed by atoms with Crippen LogP contribution in [-0.2, 0) is 38.1 Å². The molecule has 0 aliphatic carbocycles. The van der Waals surface area contributed by atoms with Crippen molar-refractivity contribution in [1.82, 2.24) is 0 Å². The number of esters is 4. The van der Waals surface area contributed by atoms with Crippen molar-refractivity contribution in [3.8, 4) is 0 Å². The zero-order valence-electron chi connectivity index (χ0n) is 28.8. The first-order valence-electron chi connectivity index (χ1n) is 15.1. The molecule has 1 atom stereocenters. The Morgan fingerprint density at radius 2 is 1.19 bits per heavy atom. The number of benzene rings is 3. The van der Waals surface area contributed by atoms with Crippen molar-refractivity contribution in [2.45, 2.75) is 19.9 Å². The predicted octanol–water partition coefficient (Wildman–Crippen LogP) is 3.91. The van der Waals surface area contributed by atoms with Crippen LogP contribution in [0.15, 0.2) is 76.0 Å². The zero-order chi connectivity index (χ0) is 38.4. The smallest absolute Gasteiger partial charge is 0.340 e. The molecule has 18 heteroatoms. The van der Waals surface area contributed by atoms with Crippen molar-refractivity contribution < 1.29 is 57.2 Å². The lowest BCUT2D eigenvalue weighted by atomic mass is 10.1. The van der Waals surface area contributed by atoms with Gasteiger partial charge in [-0.25, -0.2) is 19.2 Å². The number of ether oxygens (including phenoxy) is 5.